The minimum Gasteiger partial charge on any atom is -0.280 e. The average Bonchev–Trinajstić information content (AvgIpc) is 2.93. The second-order valence-corrected chi connectivity index (χ2v) is 6.62. The first-order valence-electron chi connectivity index (χ1n) is 6.86. The fourth-order valence-corrected chi connectivity index (χ4v) is 3.37. The number of hydrogen-bond acceptors (Lipinski definition) is 3. The Morgan fingerprint density at radius 3 is 2.35 bits per heavy atom. The van der Waals surface area contributed by atoms with E-state index in [1.807, 2.05) is 30.3 Å². The predicted molar refractivity (Wildman–Crippen MR) is 85.5 cm³/mol. The highest BCUT2D eigenvalue weighted by Gasteiger charge is 2.21. The maximum atomic E-state index is 12.9. The van der Waals surface area contributed by atoms with Gasteiger partial charge in [0.1, 0.15) is 10.7 Å². The number of hydrogen-bond donors (Lipinski definition) is 1. The second kappa shape index (κ2) is 5.85. The van der Waals surface area contributed by atoms with Gasteiger partial charge in [0.2, 0.25) is 0 Å². The summed E-state index contributed by atoms with van der Waals surface area (Å²) in [5, 5.41) is 4.24. The molecule has 0 bridgehead atoms. The molecule has 2 aromatic carbocycles. The molecule has 0 saturated heterocycles. The van der Waals surface area contributed by atoms with Crippen LogP contribution in [0, 0.1) is 12.7 Å². The van der Waals surface area contributed by atoms with Gasteiger partial charge in [-0.3, -0.25) is 4.72 Å². The largest absolute Gasteiger partial charge is 0.280 e. The van der Waals surface area contributed by atoms with Crippen LogP contribution in [-0.4, -0.2) is 18.2 Å². The van der Waals surface area contributed by atoms with Gasteiger partial charge < -0.3 is 0 Å². The van der Waals surface area contributed by atoms with Gasteiger partial charge in [0, 0.05) is 5.69 Å². The molecule has 7 heteroatoms. The molecule has 0 amide bonds. The van der Waals surface area contributed by atoms with Crippen LogP contribution in [0.25, 0.3) is 5.69 Å². The zero-order valence-electron chi connectivity index (χ0n) is 12.3. The number of aromatic nitrogens is 2. The summed E-state index contributed by atoms with van der Waals surface area (Å²) >= 11 is 0. The van der Waals surface area contributed by atoms with Crippen molar-refractivity contribution < 1.29 is 12.8 Å². The lowest BCUT2D eigenvalue weighted by Gasteiger charge is -2.06. The molecule has 0 saturated carbocycles. The van der Waals surface area contributed by atoms with E-state index in [2.05, 4.69) is 9.82 Å². The molecular formula is C16H14FN3O2S. The predicted octanol–water partition coefficient (Wildman–Crippen LogP) is 3.12. The maximum Gasteiger partial charge on any atom is 0.265 e. The van der Waals surface area contributed by atoms with E-state index < -0.39 is 15.8 Å². The van der Waals surface area contributed by atoms with Crippen molar-refractivity contribution in [1.29, 1.82) is 0 Å². The van der Waals surface area contributed by atoms with Crippen molar-refractivity contribution >= 4 is 15.7 Å². The summed E-state index contributed by atoms with van der Waals surface area (Å²) in [5.41, 5.74) is 1.43. The van der Waals surface area contributed by atoms with E-state index >= 15 is 0 Å². The summed E-state index contributed by atoms with van der Waals surface area (Å²) in [6.45, 7) is 1.62. The molecule has 1 N–H and O–H groups in total. The minimum atomic E-state index is -3.80. The van der Waals surface area contributed by atoms with Crippen LogP contribution in [0.2, 0.25) is 0 Å². The van der Waals surface area contributed by atoms with E-state index in [1.165, 1.54) is 35.1 Å². The van der Waals surface area contributed by atoms with Crippen LogP contribution < -0.4 is 4.72 Å². The number of halogens is 1. The number of rotatable bonds is 4. The molecule has 23 heavy (non-hydrogen) atoms. The molecular weight excluding hydrogens is 317 g/mol. The molecule has 0 unspecified atom stereocenters. The molecule has 0 radical (unpaired) electrons. The molecule has 0 atom stereocenters. The third-order valence-electron chi connectivity index (χ3n) is 3.26. The highest BCUT2D eigenvalue weighted by molar-refractivity contribution is 7.92. The van der Waals surface area contributed by atoms with E-state index in [4.69, 9.17) is 0 Å². The Hall–Kier alpha value is -2.67. The van der Waals surface area contributed by atoms with Crippen LogP contribution in [-0.2, 0) is 10.0 Å². The molecule has 118 valence electrons. The number of anilines is 1. The summed E-state index contributed by atoms with van der Waals surface area (Å²) in [6, 6.07) is 14.3. The lowest BCUT2D eigenvalue weighted by atomic mass is 10.3. The topological polar surface area (TPSA) is 64.0 Å². The molecule has 1 heterocycles. The van der Waals surface area contributed by atoms with E-state index in [9.17, 15) is 12.8 Å². The van der Waals surface area contributed by atoms with Crippen molar-refractivity contribution in [3.63, 3.8) is 0 Å². The Balaban J connectivity index is 1.94. The van der Waals surface area contributed by atoms with Crippen molar-refractivity contribution in [2.24, 2.45) is 0 Å². The smallest absolute Gasteiger partial charge is 0.265 e. The van der Waals surface area contributed by atoms with Gasteiger partial charge >= 0.3 is 0 Å². The summed E-state index contributed by atoms with van der Waals surface area (Å²) < 4.78 is 41.8. The Bertz CT molecular complexity index is 920. The quantitative estimate of drug-likeness (QED) is 0.799. The van der Waals surface area contributed by atoms with Gasteiger partial charge in [-0.05, 0) is 43.3 Å². The Labute approximate surface area is 133 Å². The molecule has 3 rings (SSSR count). The zero-order chi connectivity index (χ0) is 16.4. The molecule has 0 fully saturated rings. The van der Waals surface area contributed by atoms with Crippen LogP contribution in [0.4, 0.5) is 10.1 Å². The fraction of sp³-hybridized carbons (Fsp3) is 0.0625. The van der Waals surface area contributed by atoms with Gasteiger partial charge in [-0.2, -0.15) is 5.10 Å². The van der Waals surface area contributed by atoms with Crippen LogP contribution in [0.3, 0.4) is 0 Å². The van der Waals surface area contributed by atoms with Gasteiger partial charge in [0.15, 0.2) is 0 Å². The highest BCUT2D eigenvalue weighted by Crippen LogP contribution is 2.20. The average molecular weight is 331 g/mol. The lowest BCUT2D eigenvalue weighted by molar-refractivity contribution is 0.600. The van der Waals surface area contributed by atoms with Crippen LogP contribution in [0.1, 0.15) is 5.69 Å². The number of benzene rings is 2. The molecule has 0 spiro atoms. The monoisotopic (exact) mass is 331 g/mol. The number of nitrogens with zero attached hydrogens (tertiary/aromatic N) is 2. The lowest BCUT2D eigenvalue weighted by Crippen LogP contribution is -2.13. The van der Waals surface area contributed by atoms with Gasteiger partial charge in [0.25, 0.3) is 10.0 Å². The van der Waals surface area contributed by atoms with Crippen LogP contribution in [0.5, 0.6) is 0 Å². The number of nitrogens with one attached hydrogen (secondary N) is 1. The third kappa shape index (κ3) is 3.24. The summed E-state index contributed by atoms with van der Waals surface area (Å²) in [4.78, 5) is 0.0747. The highest BCUT2D eigenvalue weighted by atomic mass is 32.2. The van der Waals surface area contributed by atoms with Gasteiger partial charge in [-0.15, -0.1) is 0 Å². The van der Waals surface area contributed by atoms with Crippen molar-refractivity contribution in [2.45, 2.75) is 11.8 Å². The maximum absolute atomic E-state index is 12.9. The van der Waals surface area contributed by atoms with Crippen LogP contribution >= 0.6 is 0 Å². The summed E-state index contributed by atoms with van der Waals surface area (Å²) in [5.74, 6) is -0.430. The van der Waals surface area contributed by atoms with E-state index in [0.717, 1.165) is 5.69 Å². The third-order valence-corrected chi connectivity index (χ3v) is 4.74. The first-order valence-corrected chi connectivity index (χ1v) is 8.34. The molecule has 0 aliphatic carbocycles. The summed E-state index contributed by atoms with van der Waals surface area (Å²) in [7, 11) is -3.80. The second-order valence-electron chi connectivity index (χ2n) is 4.97. The van der Waals surface area contributed by atoms with Gasteiger partial charge in [0.05, 0.1) is 17.6 Å². The standard InChI is InChI=1S/C16H14FN3O2S/c1-12-16(11-20(18-12)15-5-3-2-4-6-15)23(21,22)19-14-9-7-13(17)8-10-14/h2-11,19H,1H3. The Morgan fingerprint density at radius 1 is 1.04 bits per heavy atom. The Kier molecular flexibility index (Phi) is 3.87. The molecule has 0 aliphatic rings. The number of para-hydroxylation sites is 1. The molecule has 5 nitrogen and oxygen atoms in total. The summed E-state index contributed by atoms with van der Waals surface area (Å²) in [6.07, 6.45) is 1.45. The van der Waals surface area contributed by atoms with Crippen molar-refractivity contribution in [3.8, 4) is 5.69 Å². The Morgan fingerprint density at radius 2 is 1.70 bits per heavy atom. The first kappa shape index (κ1) is 15.2. The van der Waals surface area contributed by atoms with E-state index in [-0.39, 0.29) is 4.90 Å². The zero-order valence-corrected chi connectivity index (χ0v) is 13.1. The number of sulfonamides is 1. The van der Waals surface area contributed by atoms with Gasteiger partial charge in [-0.25, -0.2) is 17.5 Å². The number of aryl methyl sites for hydroxylation is 1. The molecule has 3 aromatic rings. The van der Waals surface area contributed by atoms with Crippen molar-refractivity contribution in [1.82, 2.24) is 9.78 Å². The first-order chi connectivity index (χ1) is 11.0. The normalized spacial score (nSPS) is 11.4. The molecule has 0 aliphatic heterocycles. The fourth-order valence-electron chi connectivity index (χ4n) is 2.15. The minimum absolute atomic E-state index is 0.0747. The van der Waals surface area contributed by atoms with E-state index in [1.54, 1.807) is 6.92 Å². The van der Waals surface area contributed by atoms with Crippen molar-refractivity contribution in [3.05, 3.63) is 72.3 Å². The SMILES string of the molecule is Cc1nn(-c2ccccc2)cc1S(=O)(=O)Nc1ccc(F)cc1. The van der Waals surface area contributed by atoms with Crippen LogP contribution in [0.15, 0.2) is 65.7 Å². The van der Waals surface area contributed by atoms with Gasteiger partial charge in [-0.1, -0.05) is 18.2 Å². The van der Waals surface area contributed by atoms with E-state index in [0.29, 0.717) is 11.4 Å². The van der Waals surface area contributed by atoms with Crippen molar-refractivity contribution in [2.75, 3.05) is 4.72 Å². The molecule has 1 aromatic heterocycles.